The number of hydrogen-bond donors (Lipinski definition) is 1. The molecule has 0 fully saturated rings. The van der Waals surface area contributed by atoms with E-state index in [1.165, 1.54) is 0 Å². The number of aliphatic hydroxyl groups is 1. The van der Waals surface area contributed by atoms with Crippen LogP contribution in [0.1, 0.15) is 5.56 Å². The SMILES string of the molecule is OC(c1ccc2nnsc2c1)(C(F)(F)F)C(F)(F)F. The van der Waals surface area contributed by atoms with E-state index in [0.29, 0.717) is 23.7 Å². The zero-order valence-electron chi connectivity index (χ0n) is 8.75. The number of rotatable bonds is 1. The van der Waals surface area contributed by atoms with Crippen LogP contribution in [0, 0.1) is 0 Å². The van der Waals surface area contributed by atoms with Gasteiger partial charge in [-0.3, -0.25) is 0 Å². The topological polar surface area (TPSA) is 46.0 Å². The summed E-state index contributed by atoms with van der Waals surface area (Å²) in [5, 5.41) is 12.7. The second-order valence-corrected chi connectivity index (χ2v) is 4.45. The molecule has 0 bridgehead atoms. The molecule has 0 spiro atoms. The number of halogens is 6. The zero-order valence-corrected chi connectivity index (χ0v) is 9.57. The maximum Gasteiger partial charge on any atom is 0.430 e. The molecule has 0 aliphatic carbocycles. The van der Waals surface area contributed by atoms with Crippen molar-refractivity contribution in [2.45, 2.75) is 18.0 Å². The van der Waals surface area contributed by atoms with E-state index in [-0.39, 0.29) is 10.2 Å². The lowest BCUT2D eigenvalue weighted by atomic mass is 9.92. The predicted molar refractivity (Wildman–Crippen MR) is 53.4 cm³/mol. The molecule has 2 aromatic rings. The summed E-state index contributed by atoms with van der Waals surface area (Å²) in [6, 6.07) is 2.06. The van der Waals surface area contributed by atoms with E-state index in [9.17, 15) is 26.3 Å². The average Bonchev–Trinajstić information content (AvgIpc) is 2.71. The van der Waals surface area contributed by atoms with E-state index < -0.39 is 23.5 Å². The first-order chi connectivity index (χ1) is 8.57. The summed E-state index contributed by atoms with van der Waals surface area (Å²) in [4.78, 5) is 0. The Labute approximate surface area is 105 Å². The van der Waals surface area contributed by atoms with Crippen molar-refractivity contribution in [3.63, 3.8) is 0 Å². The zero-order chi connectivity index (χ0) is 14.5. The Balaban J connectivity index is 2.68. The molecule has 0 radical (unpaired) electrons. The number of nitrogens with zero attached hydrogens (tertiary/aromatic N) is 2. The molecule has 0 amide bonds. The molecular formula is C9H4F6N2OS. The van der Waals surface area contributed by atoms with E-state index >= 15 is 0 Å². The van der Waals surface area contributed by atoms with Crippen molar-refractivity contribution in [1.29, 1.82) is 0 Å². The quantitative estimate of drug-likeness (QED) is 0.824. The Morgan fingerprint density at radius 3 is 2.11 bits per heavy atom. The van der Waals surface area contributed by atoms with Crippen LogP contribution < -0.4 is 0 Å². The maximum atomic E-state index is 12.6. The summed E-state index contributed by atoms with van der Waals surface area (Å²) >= 11 is 0.632. The third-order valence-electron chi connectivity index (χ3n) is 2.49. The van der Waals surface area contributed by atoms with Gasteiger partial charge in [0.2, 0.25) is 0 Å². The molecule has 1 aromatic heterocycles. The highest BCUT2D eigenvalue weighted by atomic mass is 32.1. The Kier molecular flexibility index (Phi) is 2.97. The van der Waals surface area contributed by atoms with Gasteiger partial charge in [-0.1, -0.05) is 10.6 Å². The van der Waals surface area contributed by atoms with Crippen molar-refractivity contribution in [2.24, 2.45) is 0 Å². The van der Waals surface area contributed by atoms with Gasteiger partial charge in [0.25, 0.3) is 5.60 Å². The maximum absolute atomic E-state index is 12.6. The van der Waals surface area contributed by atoms with Crippen LogP contribution in [0.4, 0.5) is 26.3 Å². The highest BCUT2D eigenvalue weighted by Gasteiger charge is 2.71. The van der Waals surface area contributed by atoms with Crippen molar-refractivity contribution in [3.05, 3.63) is 23.8 Å². The summed E-state index contributed by atoms with van der Waals surface area (Å²) < 4.78 is 79.1. The fourth-order valence-corrected chi connectivity index (χ4v) is 2.09. The molecule has 0 saturated heterocycles. The number of fused-ring (bicyclic) bond motifs is 1. The first kappa shape index (κ1) is 14.0. The van der Waals surface area contributed by atoms with E-state index in [1.54, 1.807) is 0 Å². The monoisotopic (exact) mass is 302 g/mol. The van der Waals surface area contributed by atoms with Gasteiger partial charge in [-0.25, -0.2) is 0 Å². The first-order valence-corrected chi connectivity index (χ1v) is 5.43. The molecule has 1 heterocycles. The Morgan fingerprint density at radius 2 is 1.58 bits per heavy atom. The molecule has 10 heteroatoms. The van der Waals surface area contributed by atoms with Crippen LogP contribution in [0.2, 0.25) is 0 Å². The molecule has 19 heavy (non-hydrogen) atoms. The number of benzene rings is 1. The van der Waals surface area contributed by atoms with Gasteiger partial charge in [0.15, 0.2) is 0 Å². The highest BCUT2D eigenvalue weighted by Crippen LogP contribution is 2.50. The minimum Gasteiger partial charge on any atom is -0.369 e. The summed E-state index contributed by atoms with van der Waals surface area (Å²) in [6.45, 7) is 0. The van der Waals surface area contributed by atoms with Gasteiger partial charge in [0.1, 0.15) is 5.52 Å². The van der Waals surface area contributed by atoms with Crippen LogP contribution >= 0.6 is 11.5 Å². The Hall–Kier alpha value is -1.42. The van der Waals surface area contributed by atoms with Crippen LogP contribution in [-0.4, -0.2) is 27.0 Å². The second-order valence-electron chi connectivity index (χ2n) is 3.66. The fourth-order valence-electron chi connectivity index (χ4n) is 1.49. The lowest BCUT2D eigenvalue weighted by Gasteiger charge is -2.32. The normalized spacial score (nSPS) is 14.1. The van der Waals surface area contributed by atoms with Crippen LogP contribution in [0.3, 0.4) is 0 Å². The molecule has 0 aliphatic rings. The minimum atomic E-state index is -5.89. The largest absolute Gasteiger partial charge is 0.430 e. The van der Waals surface area contributed by atoms with Gasteiger partial charge in [0, 0.05) is 5.56 Å². The van der Waals surface area contributed by atoms with Crippen LogP contribution in [0.5, 0.6) is 0 Å². The smallest absolute Gasteiger partial charge is 0.369 e. The fraction of sp³-hybridized carbons (Fsp3) is 0.333. The van der Waals surface area contributed by atoms with Crippen molar-refractivity contribution in [3.8, 4) is 0 Å². The van der Waals surface area contributed by atoms with Crippen molar-refractivity contribution in [1.82, 2.24) is 9.59 Å². The van der Waals surface area contributed by atoms with E-state index in [1.807, 2.05) is 0 Å². The summed E-state index contributed by atoms with van der Waals surface area (Å²) in [6.07, 6.45) is -11.8. The van der Waals surface area contributed by atoms with E-state index in [2.05, 4.69) is 9.59 Å². The predicted octanol–water partition coefficient (Wildman–Crippen LogP) is 3.00. The summed E-state index contributed by atoms with van der Waals surface area (Å²) in [5.41, 5.74) is -6.08. The first-order valence-electron chi connectivity index (χ1n) is 4.66. The van der Waals surface area contributed by atoms with Gasteiger partial charge < -0.3 is 5.11 Å². The number of alkyl halides is 6. The van der Waals surface area contributed by atoms with Crippen molar-refractivity contribution >= 4 is 21.7 Å². The van der Waals surface area contributed by atoms with Gasteiger partial charge >= 0.3 is 12.4 Å². The summed E-state index contributed by atoms with van der Waals surface area (Å²) in [5.74, 6) is 0. The average molecular weight is 302 g/mol. The number of aromatic nitrogens is 2. The molecule has 0 saturated carbocycles. The van der Waals surface area contributed by atoms with Crippen molar-refractivity contribution in [2.75, 3.05) is 0 Å². The van der Waals surface area contributed by atoms with Crippen LogP contribution in [0.25, 0.3) is 10.2 Å². The highest BCUT2D eigenvalue weighted by molar-refractivity contribution is 7.12. The Morgan fingerprint density at radius 1 is 1.00 bits per heavy atom. The third-order valence-corrected chi connectivity index (χ3v) is 3.17. The van der Waals surface area contributed by atoms with E-state index in [4.69, 9.17) is 5.11 Å². The van der Waals surface area contributed by atoms with Gasteiger partial charge in [-0.05, 0) is 23.7 Å². The molecule has 3 nitrogen and oxygen atoms in total. The van der Waals surface area contributed by atoms with Gasteiger partial charge in [0.05, 0.1) is 4.70 Å². The molecule has 0 unspecified atom stereocenters. The second kappa shape index (κ2) is 4.04. The lowest BCUT2D eigenvalue weighted by Crippen LogP contribution is -2.53. The molecule has 1 N–H and O–H groups in total. The van der Waals surface area contributed by atoms with Gasteiger partial charge in [-0.2, -0.15) is 26.3 Å². The minimum absolute atomic E-state index is 0.0180. The Bertz CT molecular complexity index is 591. The molecular weight excluding hydrogens is 298 g/mol. The molecule has 104 valence electrons. The van der Waals surface area contributed by atoms with E-state index in [0.717, 1.165) is 6.07 Å². The van der Waals surface area contributed by atoms with Crippen LogP contribution in [-0.2, 0) is 5.60 Å². The molecule has 2 rings (SSSR count). The van der Waals surface area contributed by atoms with Gasteiger partial charge in [-0.15, -0.1) is 5.10 Å². The summed E-state index contributed by atoms with van der Waals surface area (Å²) in [7, 11) is 0. The lowest BCUT2D eigenvalue weighted by molar-refractivity contribution is -0.376. The molecule has 1 aromatic carbocycles. The number of hydrogen-bond acceptors (Lipinski definition) is 4. The van der Waals surface area contributed by atoms with Crippen LogP contribution in [0.15, 0.2) is 18.2 Å². The third kappa shape index (κ3) is 2.04. The van der Waals surface area contributed by atoms with Crippen molar-refractivity contribution < 1.29 is 31.4 Å². The molecule has 0 aliphatic heterocycles. The standard InChI is InChI=1S/C9H4F6N2OS/c10-8(11,12)7(18,9(13,14)15)4-1-2-5-6(3-4)19-17-16-5/h1-3,18H. The molecule has 0 atom stereocenters.